The van der Waals surface area contributed by atoms with Gasteiger partial charge < -0.3 is 0 Å². The van der Waals surface area contributed by atoms with E-state index < -0.39 is 9.84 Å². The average Bonchev–Trinajstić information content (AvgIpc) is 2.37. The Morgan fingerprint density at radius 3 is 2.44 bits per heavy atom. The molecule has 1 aliphatic rings. The third-order valence-corrected chi connectivity index (χ3v) is 3.99. The number of benzene rings is 1. The van der Waals surface area contributed by atoms with Gasteiger partial charge in [-0.3, -0.25) is 0 Å². The normalized spacial score (nSPS) is 19.5. The molecule has 0 saturated heterocycles. The molecule has 0 aliphatic heterocycles. The van der Waals surface area contributed by atoms with Gasteiger partial charge in [0, 0.05) is 6.26 Å². The molecule has 1 unspecified atom stereocenters. The molecule has 0 radical (unpaired) electrons. The van der Waals surface area contributed by atoms with Crippen molar-refractivity contribution in [3.63, 3.8) is 0 Å². The topological polar surface area (TPSA) is 34.1 Å². The standard InChI is InChI=1S/C15H16O2S/c1-18(16,17)15-11-9-14(10-12-15)8-7-13-5-3-2-4-6-13/h2-5,7-13H,6H2,1H3. The van der Waals surface area contributed by atoms with Gasteiger partial charge in [-0.25, -0.2) is 8.42 Å². The molecule has 0 heterocycles. The van der Waals surface area contributed by atoms with E-state index in [4.69, 9.17) is 0 Å². The van der Waals surface area contributed by atoms with Crippen LogP contribution in [0.1, 0.15) is 12.0 Å². The molecule has 0 N–H and O–H groups in total. The first-order valence-electron chi connectivity index (χ1n) is 5.87. The van der Waals surface area contributed by atoms with Crippen LogP contribution < -0.4 is 0 Å². The molecule has 18 heavy (non-hydrogen) atoms. The predicted octanol–water partition coefficient (Wildman–Crippen LogP) is 3.24. The number of hydrogen-bond donors (Lipinski definition) is 0. The first-order valence-corrected chi connectivity index (χ1v) is 7.76. The third kappa shape index (κ3) is 3.44. The zero-order valence-corrected chi connectivity index (χ0v) is 11.1. The summed E-state index contributed by atoms with van der Waals surface area (Å²) >= 11 is 0. The molecule has 94 valence electrons. The number of hydrogen-bond acceptors (Lipinski definition) is 2. The summed E-state index contributed by atoms with van der Waals surface area (Å²) in [6.07, 6.45) is 14.8. The molecule has 1 aromatic carbocycles. The minimum atomic E-state index is -3.10. The van der Waals surface area contributed by atoms with Crippen LogP contribution in [0.15, 0.2) is 59.5 Å². The summed E-state index contributed by atoms with van der Waals surface area (Å²) in [5.41, 5.74) is 1.02. The van der Waals surface area contributed by atoms with Crippen molar-refractivity contribution in [2.75, 3.05) is 6.26 Å². The lowest BCUT2D eigenvalue weighted by Gasteiger charge is -2.06. The van der Waals surface area contributed by atoms with Crippen molar-refractivity contribution in [3.05, 3.63) is 60.2 Å². The molecule has 2 nitrogen and oxygen atoms in total. The maximum absolute atomic E-state index is 11.3. The second kappa shape index (κ2) is 5.36. The second-order valence-corrected chi connectivity index (χ2v) is 6.43. The van der Waals surface area contributed by atoms with Crippen molar-refractivity contribution in [1.82, 2.24) is 0 Å². The van der Waals surface area contributed by atoms with Gasteiger partial charge in [-0.05, 0) is 30.0 Å². The Kier molecular flexibility index (Phi) is 3.82. The van der Waals surface area contributed by atoms with Gasteiger partial charge in [0.2, 0.25) is 0 Å². The lowest BCUT2D eigenvalue weighted by atomic mass is 9.99. The molecule has 0 fully saturated rings. The Balaban J connectivity index is 2.09. The summed E-state index contributed by atoms with van der Waals surface area (Å²) in [4.78, 5) is 0.361. The predicted molar refractivity (Wildman–Crippen MR) is 75.0 cm³/mol. The Bertz CT molecular complexity index is 590. The smallest absolute Gasteiger partial charge is 0.175 e. The first kappa shape index (κ1) is 12.8. The van der Waals surface area contributed by atoms with E-state index in [9.17, 15) is 8.42 Å². The van der Waals surface area contributed by atoms with Crippen LogP contribution in [0.4, 0.5) is 0 Å². The van der Waals surface area contributed by atoms with Crippen LogP contribution in [0.2, 0.25) is 0 Å². The largest absolute Gasteiger partial charge is 0.224 e. The van der Waals surface area contributed by atoms with E-state index in [-0.39, 0.29) is 0 Å². The molecule has 0 bridgehead atoms. The van der Waals surface area contributed by atoms with Crippen LogP contribution in [0.3, 0.4) is 0 Å². The molecular weight excluding hydrogens is 244 g/mol. The van der Waals surface area contributed by atoms with Gasteiger partial charge in [0.05, 0.1) is 4.90 Å². The quantitative estimate of drug-likeness (QED) is 0.836. The van der Waals surface area contributed by atoms with E-state index in [1.165, 1.54) is 6.26 Å². The number of sulfone groups is 1. The zero-order chi connectivity index (χ0) is 13.0. The number of allylic oxidation sites excluding steroid dienone is 5. The highest BCUT2D eigenvalue weighted by Gasteiger charge is 2.05. The highest BCUT2D eigenvalue weighted by atomic mass is 32.2. The van der Waals surface area contributed by atoms with Crippen molar-refractivity contribution in [2.24, 2.45) is 5.92 Å². The zero-order valence-electron chi connectivity index (χ0n) is 10.3. The fraction of sp³-hybridized carbons (Fsp3) is 0.200. The molecule has 1 aromatic rings. The Morgan fingerprint density at radius 1 is 1.17 bits per heavy atom. The summed E-state index contributed by atoms with van der Waals surface area (Å²) in [5.74, 6) is 0.435. The summed E-state index contributed by atoms with van der Waals surface area (Å²) in [6, 6.07) is 6.95. The van der Waals surface area contributed by atoms with E-state index in [2.05, 4.69) is 18.2 Å². The third-order valence-electron chi connectivity index (χ3n) is 2.86. The van der Waals surface area contributed by atoms with Crippen molar-refractivity contribution in [3.8, 4) is 0 Å². The van der Waals surface area contributed by atoms with Crippen molar-refractivity contribution >= 4 is 15.9 Å². The molecule has 0 saturated carbocycles. The number of rotatable bonds is 3. The highest BCUT2D eigenvalue weighted by molar-refractivity contribution is 7.90. The summed E-state index contributed by atoms with van der Waals surface area (Å²) in [5, 5.41) is 0. The van der Waals surface area contributed by atoms with E-state index in [0.29, 0.717) is 10.8 Å². The highest BCUT2D eigenvalue weighted by Crippen LogP contribution is 2.16. The van der Waals surface area contributed by atoms with Crippen LogP contribution in [-0.2, 0) is 9.84 Å². The van der Waals surface area contributed by atoms with Gasteiger partial charge in [-0.15, -0.1) is 0 Å². The molecule has 2 rings (SSSR count). The Labute approximate surface area is 108 Å². The van der Waals surface area contributed by atoms with Gasteiger partial charge in [0.15, 0.2) is 9.84 Å². The van der Waals surface area contributed by atoms with E-state index in [1.54, 1.807) is 12.1 Å². The lowest BCUT2D eigenvalue weighted by molar-refractivity contribution is 0.602. The van der Waals surface area contributed by atoms with E-state index >= 15 is 0 Å². The van der Waals surface area contributed by atoms with Gasteiger partial charge in [-0.1, -0.05) is 48.6 Å². The molecular formula is C15H16O2S. The Morgan fingerprint density at radius 2 is 1.89 bits per heavy atom. The van der Waals surface area contributed by atoms with Gasteiger partial charge >= 0.3 is 0 Å². The lowest BCUT2D eigenvalue weighted by Crippen LogP contribution is -1.96. The molecule has 1 atom stereocenters. The van der Waals surface area contributed by atoms with Gasteiger partial charge in [-0.2, -0.15) is 0 Å². The second-order valence-electron chi connectivity index (χ2n) is 4.41. The molecule has 1 aliphatic carbocycles. The van der Waals surface area contributed by atoms with Crippen LogP contribution in [0.25, 0.3) is 6.08 Å². The molecule has 0 aromatic heterocycles. The van der Waals surface area contributed by atoms with Crippen LogP contribution in [0, 0.1) is 5.92 Å². The average molecular weight is 260 g/mol. The van der Waals surface area contributed by atoms with E-state index in [1.807, 2.05) is 30.4 Å². The van der Waals surface area contributed by atoms with Crippen molar-refractivity contribution < 1.29 is 8.42 Å². The van der Waals surface area contributed by atoms with Crippen LogP contribution >= 0.6 is 0 Å². The Hall–Kier alpha value is -1.61. The molecule has 3 heteroatoms. The fourth-order valence-corrected chi connectivity index (χ4v) is 2.43. The minimum absolute atomic E-state index is 0.361. The summed E-state index contributed by atoms with van der Waals surface area (Å²) in [6.45, 7) is 0. The van der Waals surface area contributed by atoms with Crippen molar-refractivity contribution in [2.45, 2.75) is 11.3 Å². The van der Waals surface area contributed by atoms with Gasteiger partial charge in [0.1, 0.15) is 0 Å². The summed E-state index contributed by atoms with van der Waals surface area (Å²) in [7, 11) is -3.10. The minimum Gasteiger partial charge on any atom is -0.224 e. The maximum atomic E-state index is 11.3. The van der Waals surface area contributed by atoms with Crippen LogP contribution in [0.5, 0.6) is 0 Å². The van der Waals surface area contributed by atoms with Crippen molar-refractivity contribution in [1.29, 1.82) is 0 Å². The monoisotopic (exact) mass is 260 g/mol. The molecule has 0 spiro atoms. The SMILES string of the molecule is CS(=O)(=O)c1ccc(C=CC2C=CC=CC2)cc1. The van der Waals surface area contributed by atoms with Gasteiger partial charge in [0.25, 0.3) is 0 Å². The fourth-order valence-electron chi connectivity index (χ4n) is 1.80. The maximum Gasteiger partial charge on any atom is 0.175 e. The summed E-state index contributed by atoms with van der Waals surface area (Å²) < 4.78 is 22.6. The van der Waals surface area contributed by atoms with E-state index in [0.717, 1.165) is 12.0 Å². The first-order chi connectivity index (χ1) is 8.55. The molecule has 0 amide bonds. The van der Waals surface area contributed by atoms with Crippen LogP contribution in [-0.4, -0.2) is 14.7 Å².